The van der Waals surface area contributed by atoms with Crippen molar-refractivity contribution >= 4 is 5.69 Å². The number of hydrogen-bond donors (Lipinski definition) is 1. The Balaban J connectivity index is 1.55. The molecule has 2 saturated heterocycles. The molecule has 0 amide bonds. The average Bonchev–Trinajstić information content (AvgIpc) is 3.10. The van der Waals surface area contributed by atoms with Gasteiger partial charge in [0.2, 0.25) is 0 Å². The topological polar surface area (TPSA) is 30.5 Å². The van der Waals surface area contributed by atoms with E-state index in [1.165, 1.54) is 17.7 Å². The second-order valence-electron chi connectivity index (χ2n) is 7.42. The van der Waals surface area contributed by atoms with Gasteiger partial charge >= 0.3 is 0 Å². The minimum absolute atomic E-state index is 0.0466. The lowest BCUT2D eigenvalue weighted by Gasteiger charge is -2.33. The third kappa shape index (κ3) is 1.94. The van der Waals surface area contributed by atoms with Crippen LogP contribution in [-0.2, 0) is 9.47 Å². The minimum atomic E-state index is -0.0954. The van der Waals surface area contributed by atoms with Crippen LogP contribution in [0.25, 0.3) is 0 Å². The van der Waals surface area contributed by atoms with Gasteiger partial charge in [-0.1, -0.05) is 32.0 Å². The minimum Gasteiger partial charge on any atom is -0.382 e. The molecule has 1 aromatic carbocycles. The fourth-order valence-electron chi connectivity index (χ4n) is 4.33. The van der Waals surface area contributed by atoms with Gasteiger partial charge in [-0.3, -0.25) is 0 Å². The van der Waals surface area contributed by atoms with Crippen molar-refractivity contribution in [3.05, 3.63) is 29.8 Å². The molecule has 0 radical (unpaired) electrons. The van der Waals surface area contributed by atoms with Crippen LogP contribution in [0.2, 0.25) is 0 Å². The summed E-state index contributed by atoms with van der Waals surface area (Å²) in [6.07, 6.45) is 3.72. The van der Waals surface area contributed by atoms with Gasteiger partial charge in [0.25, 0.3) is 0 Å². The second kappa shape index (κ2) is 4.47. The average molecular weight is 287 g/mol. The van der Waals surface area contributed by atoms with Crippen LogP contribution < -0.4 is 5.32 Å². The molecular formula is C18H25NO2. The van der Waals surface area contributed by atoms with Gasteiger partial charge in [0.1, 0.15) is 6.10 Å². The zero-order valence-corrected chi connectivity index (χ0v) is 13.2. The van der Waals surface area contributed by atoms with Gasteiger partial charge in [-0.2, -0.15) is 0 Å². The maximum absolute atomic E-state index is 6.52. The van der Waals surface area contributed by atoms with E-state index in [0.717, 1.165) is 19.4 Å². The van der Waals surface area contributed by atoms with E-state index in [1.807, 2.05) is 0 Å². The van der Waals surface area contributed by atoms with Gasteiger partial charge in [-0.05, 0) is 31.7 Å². The van der Waals surface area contributed by atoms with Gasteiger partial charge in [-0.15, -0.1) is 0 Å². The first-order valence-electron chi connectivity index (χ1n) is 8.21. The molecule has 3 aliphatic heterocycles. The molecule has 3 heteroatoms. The van der Waals surface area contributed by atoms with Gasteiger partial charge in [0.05, 0.1) is 17.3 Å². The molecule has 4 unspecified atom stereocenters. The molecule has 0 saturated carbocycles. The first-order chi connectivity index (χ1) is 10.0. The highest BCUT2D eigenvalue weighted by Gasteiger charge is 2.61. The van der Waals surface area contributed by atoms with Crippen molar-refractivity contribution in [1.29, 1.82) is 0 Å². The number of hydrogen-bond acceptors (Lipinski definition) is 3. The summed E-state index contributed by atoms with van der Waals surface area (Å²) in [5.74, 6) is 0.557. The summed E-state index contributed by atoms with van der Waals surface area (Å²) in [4.78, 5) is 0. The summed E-state index contributed by atoms with van der Waals surface area (Å²) in [6.45, 7) is 7.67. The SMILES string of the molecule is CC(C)C12CCC(C)(O1)C(OC1CNc3ccccc31)C2. The van der Waals surface area contributed by atoms with Crippen molar-refractivity contribution in [1.82, 2.24) is 0 Å². The summed E-state index contributed by atoms with van der Waals surface area (Å²) >= 11 is 0. The zero-order valence-electron chi connectivity index (χ0n) is 13.2. The predicted molar refractivity (Wildman–Crippen MR) is 83.5 cm³/mol. The van der Waals surface area contributed by atoms with Crippen LogP contribution in [0.15, 0.2) is 24.3 Å². The van der Waals surface area contributed by atoms with Crippen LogP contribution in [0.3, 0.4) is 0 Å². The molecule has 1 N–H and O–H groups in total. The van der Waals surface area contributed by atoms with E-state index in [4.69, 9.17) is 9.47 Å². The van der Waals surface area contributed by atoms with Crippen molar-refractivity contribution in [2.45, 2.75) is 63.4 Å². The lowest BCUT2D eigenvalue weighted by molar-refractivity contribution is -0.107. The standard InChI is InChI=1S/C18H25NO2/c1-12(2)18-9-8-17(3,21-18)16(10-18)20-15-11-19-14-7-5-4-6-13(14)15/h4-7,12,15-16,19H,8-11H2,1-3H3. The molecule has 21 heavy (non-hydrogen) atoms. The van der Waals surface area contributed by atoms with Crippen LogP contribution in [0, 0.1) is 5.92 Å². The molecule has 4 atom stereocenters. The molecule has 0 aliphatic carbocycles. The Kier molecular flexibility index (Phi) is 2.89. The van der Waals surface area contributed by atoms with Gasteiger partial charge in [-0.25, -0.2) is 0 Å². The van der Waals surface area contributed by atoms with Crippen LogP contribution in [0.1, 0.15) is 51.7 Å². The van der Waals surface area contributed by atoms with E-state index in [-0.39, 0.29) is 23.4 Å². The second-order valence-corrected chi connectivity index (χ2v) is 7.42. The summed E-state index contributed by atoms with van der Waals surface area (Å²) in [5.41, 5.74) is 2.46. The number of benzene rings is 1. The first kappa shape index (κ1) is 13.6. The Morgan fingerprint density at radius 2 is 2.10 bits per heavy atom. The van der Waals surface area contributed by atoms with E-state index in [1.54, 1.807) is 0 Å². The monoisotopic (exact) mass is 287 g/mol. The van der Waals surface area contributed by atoms with Crippen molar-refractivity contribution in [2.75, 3.05) is 11.9 Å². The summed E-state index contributed by atoms with van der Waals surface area (Å²) in [6, 6.07) is 8.47. The maximum atomic E-state index is 6.52. The Morgan fingerprint density at radius 3 is 2.86 bits per heavy atom. The van der Waals surface area contributed by atoms with E-state index in [2.05, 4.69) is 50.4 Å². The smallest absolute Gasteiger partial charge is 0.102 e. The van der Waals surface area contributed by atoms with Crippen molar-refractivity contribution in [3.63, 3.8) is 0 Å². The number of anilines is 1. The molecule has 1 aromatic rings. The van der Waals surface area contributed by atoms with Gasteiger partial charge in [0.15, 0.2) is 0 Å². The fourth-order valence-corrected chi connectivity index (χ4v) is 4.33. The quantitative estimate of drug-likeness (QED) is 0.914. The highest BCUT2D eigenvalue weighted by Crippen LogP contribution is 2.56. The first-order valence-corrected chi connectivity index (χ1v) is 8.21. The number of nitrogens with one attached hydrogen (secondary N) is 1. The normalized spacial score (nSPS) is 40.6. The van der Waals surface area contributed by atoms with Gasteiger partial charge in [0, 0.05) is 24.2 Å². The number of rotatable bonds is 3. The van der Waals surface area contributed by atoms with E-state index >= 15 is 0 Å². The molecule has 3 aliphatic rings. The molecule has 2 fully saturated rings. The number of fused-ring (bicyclic) bond motifs is 3. The Hall–Kier alpha value is -1.06. The predicted octanol–water partition coefficient (Wildman–Crippen LogP) is 3.91. The molecule has 0 aromatic heterocycles. The lowest BCUT2D eigenvalue weighted by atomic mass is 9.75. The molecule has 2 bridgehead atoms. The summed E-state index contributed by atoms with van der Waals surface area (Å²) in [7, 11) is 0. The van der Waals surface area contributed by atoms with Crippen LogP contribution in [-0.4, -0.2) is 23.9 Å². The fraction of sp³-hybridized carbons (Fsp3) is 0.667. The van der Waals surface area contributed by atoms with Crippen LogP contribution >= 0.6 is 0 Å². The van der Waals surface area contributed by atoms with E-state index in [9.17, 15) is 0 Å². The Labute approximate surface area is 127 Å². The highest BCUT2D eigenvalue weighted by atomic mass is 16.6. The van der Waals surface area contributed by atoms with Gasteiger partial charge < -0.3 is 14.8 Å². The summed E-state index contributed by atoms with van der Waals surface area (Å²) in [5, 5.41) is 3.45. The molecule has 4 rings (SSSR count). The zero-order chi connectivity index (χ0) is 14.7. The molecule has 3 heterocycles. The van der Waals surface area contributed by atoms with Crippen molar-refractivity contribution in [2.24, 2.45) is 5.92 Å². The largest absolute Gasteiger partial charge is 0.382 e. The van der Waals surface area contributed by atoms with Crippen LogP contribution in [0.4, 0.5) is 5.69 Å². The van der Waals surface area contributed by atoms with E-state index in [0.29, 0.717) is 5.92 Å². The molecule has 0 spiro atoms. The maximum Gasteiger partial charge on any atom is 0.102 e. The molecule has 3 nitrogen and oxygen atoms in total. The Morgan fingerprint density at radius 1 is 1.29 bits per heavy atom. The number of para-hydroxylation sites is 1. The van der Waals surface area contributed by atoms with Crippen molar-refractivity contribution < 1.29 is 9.47 Å². The van der Waals surface area contributed by atoms with E-state index < -0.39 is 0 Å². The third-order valence-electron chi connectivity index (χ3n) is 5.86. The van der Waals surface area contributed by atoms with Crippen molar-refractivity contribution in [3.8, 4) is 0 Å². The lowest BCUT2D eigenvalue weighted by Crippen LogP contribution is -2.39. The number of ether oxygens (including phenoxy) is 2. The Bertz CT molecular complexity index is 558. The summed E-state index contributed by atoms with van der Waals surface area (Å²) < 4.78 is 13.0. The van der Waals surface area contributed by atoms with Crippen LogP contribution in [0.5, 0.6) is 0 Å². The third-order valence-corrected chi connectivity index (χ3v) is 5.86. The highest BCUT2D eigenvalue weighted by molar-refractivity contribution is 5.56. The molecule has 114 valence electrons. The molecular weight excluding hydrogens is 262 g/mol.